The summed E-state index contributed by atoms with van der Waals surface area (Å²) < 4.78 is 0. The van der Waals surface area contributed by atoms with Crippen molar-refractivity contribution in [2.24, 2.45) is 11.3 Å². The monoisotopic (exact) mass is 260 g/mol. The van der Waals surface area contributed by atoms with Crippen molar-refractivity contribution in [3.05, 3.63) is 47.0 Å². The van der Waals surface area contributed by atoms with Gasteiger partial charge in [-0.3, -0.25) is 0 Å². The van der Waals surface area contributed by atoms with Gasteiger partial charge in [-0.25, -0.2) is 0 Å². The molecule has 0 aliphatic heterocycles. The molecular formula is C16H17ClO. The van der Waals surface area contributed by atoms with E-state index in [9.17, 15) is 5.11 Å². The maximum atomic E-state index is 10.5. The van der Waals surface area contributed by atoms with Crippen molar-refractivity contribution in [2.75, 3.05) is 0 Å². The third-order valence-electron chi connectivity index (χ3n) is 4.19. The van der Waals surface area contributed by atoms with Gasteiger partial charge in [0.2, 0.25) is 0 Å². The highest BCUT2D eigenvalue weighted by molar-refractivity contribution is 6.35. The molecule has 94 valence electrons. The molecule has 2 heteroatoms. The summed E-state index contributed by atoms with van der Waals surface area (Å²) in [5.41, 5.74) is 1.27. The Labute approximate surface area is 112 Å². The van der Waals surface area contributed by atoms with E-state index >= 15 is 0 Å². The van der Waals surface area contributed by atoms with Gasteiger partial charge in [0, 0.05) is 10.4 Å². The fourth-order valence-corrected chi connectivity index (χ4v) is 3.03. The molecule has 1 N–H and O–H groups in total. The number of hydrogen-bond acceptors (Lipinski definition) is 1. The van der Waals surface area contributed by atoms with E-state index in [0.717, 1.165) is 27.8 Å². The first kappa shape index (κ1) is 12.0. The van der Waals surface area contributed by atoms with Crippen LogP contribution in [0.4, 0.5) is 0 Å². The predicted molar refractivity (Wildman–Crippen MR) is 75.8 cm³/mol. The Kier molecular flexibility index (Phi) is 2.65. The van der Waals surface area contributed by atoms with Gasteiger partial charge in [0.1, 0.15) is 0 Å². The highest BCUT2D eigenvalue weighted by Crippen LogP contribution is 2.58. The minimum Gasteiger partial charge on any atom is -0.388 e. The molecule has 2 unspecified atom stereocenters. The average molecular weight is 261 g/mol. The van der Waals surface area contributed by atoms with Crippen LogP contribution in [0.1, 0.15) is 31.9 Å². The van der Waals surface area contributed by atoms with Gasteiger partial charge in [0.25, 0.3) is 0 Å². The topological polar surface area (TPSA) is 20.2 Å². The summed E-state index contributed by atoms with van der Waals surface area (Å²) in [6.07, 6.45) is 0.702. The van der Waals surface area contributed by atoms with E-state index in [4.69, 9.17) is 11.6 Å². The molecular weight excluding hydrogens is 244 g/mol. The number of fused-ring (bicyclic) bond motifs is 1. The van der Waals surface area contributed by atoms with Crippen molar-refractivity contribution < 1.29 is 5.11 Å². The maximum absolute atomic E-state index is 10.5. The zero-order valence-corrected chi connectivity index (χ0v) is 11.4. The highest BCUT2D eigenvalue weighted by atomic mass is 35.5. The van der Waals surface area contributed by atoms with Crippen molar-refractivity contribution in [1.82, 2.24) is 0 Å². The minimum absolute atomic E-state index is 0.264. The van der Waals surface area contributed by atoms with Gasteiger partial charge in [-0.1, -0.05) is 55.8 Å². The molecule has 0 aromatic heterocycles. The summed E-state index contributed by atoms with van der Waals surface area (Å²) in [5.74, 6) is 0.363. The Balaban J connectivity index is 2.10. The predicted octanol–water partition coefficient (Wildman–Crippen LogP) is 4.57. The summed E-state index contributed by atoms with van der Waals surface area (Å²) in [5, 5.41) is 13.4. The van der Waals surface area contributed by atoms with Gasteiger partial charge >= 0.3 is 0 Å². The Morgan fingerprint density at radius 2 is 1.78 bits per heavy atom. The number of rotatable bonds is 2. The molecule has 0 radical (unpaired) electrons. The zero-order valence-electron chi connectivity index (χ0n) is 10.7. The first-order chi connectivity index (χ1) is 8.50. The lowest BCUT2D eigenvalue weighted by Crippen LogP contribution is -2.05. The van der Waals surface area contributed by atoms with Crippen molar-refractivity contribution in [1.29, 1.82) is 0 Å². The minimum atomic E-state index is -0.387. The SMILES string of the molecule is CC1(C)CC1C(O)c1ccc(Cl)c2ccccc12. The van der Waals surface area contributed by atoms with Crippen LogP contribution in [0.25, 0.3) is 10.8 Å². The Morgan fingerprint density at radius 1 is 1.17 bits per heavy atom. The second-order valence-corrected chi connectivity index (χ2v) is 6.33. The Bertz CT molecular complexity index is 603. The third kappa shape index (κ3) is 1.82. The normalized spacial score (nSPS) is 23.0. The van der Waals surface area contributed by atoms with Gasteiger partial charge in [0.05, 0.1) is 6.10 Å². The van der Waals surface area contributed by atoms with Crippen LogP contribution in [-0.4, -0.2) is 5.11 Å². The lowest BCUT2D eigenvalue weighted by atomic mass is 9.95. The van der Waals surface area contributed by atoms with E-state index in [1.807, 2.05) is 36.4 Å². The number of aliphatic hydroxyl groups excluding tert-OH is 1. The molecule has 2 atom stereocenters. The molecule has 2 aromatic carbocycles. The maximum Gasteiger partial charge on any atom is 0.0829 e. The van der Waals surface area contributed by atoms with Crippen LogP contribution >= 0.6 is 11.6 Å². The molecule has 1 fully saturated rings. The van der Waals surface area contributed by atoms with Crippen molar-refractivity contribution >= 4 is 22.4 Å². The highest BCUT2D eigenvalue weighted by Gasteiger charge is 2.50. The number of halogens is 1. The average Bonchev–Trinajstić information content (AvgIpc) is 2.99. The van der Waals surface area contributed by atoms with Crippen molar-refractivity contribution in [2.45, 2.75) is 26.4 Å². The van der Waals surface area contributed by atoms with E-state index < -0.39 is 0 Å². The smallest absolute Gasteiger partial charge is 0.0829 e. The molecule has 0 heterocycles. The van der Waals surface area contributed by atoms with E-state index in [1.165, 1.54) is 0 Å². The standard InChI is InChI=1S/C16H17ClO/c1-16(2)9-13(16)15(18)12-7-8-14(17)11-6-4-3-5-10(11)12/h3-8,13,15,18H,9H2,1-2H3. The molecule has 0 bridgehead atoms. The summed E-state index contributed by atoms with van der Waals surface area (Å²) in [6, 6.07) is 11.9. The summed E-state index contributed by atoms with van der Waals surface area (Å²) in [7, 11) is 0. The van der Waals surface area contributed by atoms with Gasteiger partial charge in [0.15, 0.2) is 0 Å². The second kappa shape index (κ2) is 3.97. The zero-order chi connectivity index (χ0) is 12.9. The van der Waals surface area contributed by atoms with Crippen LogP contribution in [0.15, 0.2) is 36.4 Å². The third-order valence-corrected chi connectivity index (χ3v) is 4.52. The van der Waals surface area contributed by atoms with Crippen LogP contribution in [0.2, 0.25) is 5.02 Å². The Morgan fingerprint density at radius 3 is 2.39 bits per heavy atom. The fraction of sp³-hybridized carbons (Fsp3) is 0.375. The molecule has 0 spiro atoms. The van der Waals surface area contributed by atoms with Gasteiger partial charge in [-0.05, 0) is 34.8 Å². The molecule has 1 aliphatic carbocycles. The molecule has 1 saturated carbocycles. The van der Waals surface area contributed by atoms with Crippen LogP contribution in [0.5, 0.6) is 0 Å². The van der Waals surface area contributed by atoms with Crippen molar-refractivity contribution in [3.63, 3.8) is 0 Å². The molecule has 0 amide bonds. The summed E-state index contributed by atoms with van der Waals surface area (Å²) in [4.78, 5) is 0. The second-order valence-electron chi connectivity index (χ2n) is 5.93. The van der Waals surface area contributed by atoms with Gasteiger partial charge in [-0.15, -0.1) is 0 Å². The van der Waals surface area contributed by atoms with E-state index in [0.29, 0.717) is 5.92 Å². The molecule has 18 heavy (non-hydrogen) atoms. The number of aliphatic hydroxyl groups is 1. The fourth-order valence-electron chi connectivity index (χ4n) is 2.81. The molecule has 3 rings (SSSR count). The lowest BCUT2D eigenvalue weighted by Gasteiger charge is -2.16. The molecule has 1 aliphatic rings. The number of benzene rings is 2. The van der Waals surface area contributed by atoms with Gasteiger partial charge in [-0.2, -0.15) is 0 Å². The van der Waals surface area contributed by atoms with E-state index in [2.05, 4.69) is 13.8 Å². The molecule has 1 nitrogen and oxygen atoms in total. The van der Waals surface area contributed by atoms with Crippen molar-refractivity contribution in [3.8, 4) is 0 Å². The van der Waals surface area contributed by atoms with Crippen LogP contribution in [0.3, 0.4) is 0 Å². The first-order valence-electron chi connectivity index (χ1n) is 6.36. The van der Waals surface area contributed by atoms with Crippen LogP contribution in [0, 0.1) is 11.3 Å². The van der Waals surface area contributed by atoms with Gasteiger partial charge < -0.3 is 5.11 Å². The quantitative estimate of drug-likeness (QED) is 0.838. The molecule has 0 saturated heterocycles. The first-order valence-corrected chi connectivity index (χ1v) is 6.74. The van der Waals surface area contributed by atoms with E-state index in [1.54, 1.807) is 0 Å². The summed E-state index contributed by atoms with van der Waals surface area (Å²) in [6.45, 7) is 4.41. The molecule has 2 aromatic rings. The largest absolute Gasteiger partial charge is 0.388 e. The lowest BCUT2D eigenvalue weighted by molar-refractivity contribution is 0.140. The Hall–Kier alpha value is -1.05. The summed E-state index contributed by atoms with van der Waals surface area (Å²) >= 11 is 6.20. The van der Waals surface area contributed by atoms with Crippen LogP contribution < -0.4 is 0 Å². The number of hydrogen-bond donors (Lipinski definition) is 1. The van der Waals surface area contributed by atoms with Crippen LogP contribution in [-0.2, 0) is 0 Å². The van der Waals surface area contributed by atoms with E-state index in [-0.39, 0.29) is 11.5 Å².